The third-order valence-electron chi connectivity index (χ3n) is 3.22. The number of hydrogen-bond acceptors (Lipinski definition) is 2. The summed E-state index contributed by atoms with van der Waals surface area (Å²) in [6, 6.07) is 1.20. The van der Waals surface area contributed by atoms with E-state index in [-0.39, 0.29) is 0 Å². The summed E-state index contributed by atoms with van der Waals surface area (Å²) in [7, 11) is 2.22. The normalized spacial score (nSPS) is 16.8. The molecule has 2 heteroatoms. The molecule has 0 aliphatic carbocycles. The number of rotatable bonds is 6. The van der Waals surface area contributed by atoms with Gasteiger partial charge in [-0.2, -0.15) is 0 Å². The average Bonchev–Trinajstić information content (AvgIpc) is 2.11. The van der Waals surface area contributed by atoms with E-state index in [0.717, 1.165) is 13.1 Å². The average molecular weight is 214 g/mol. The van der Waals surface area contributed by atoms with Crippen molar-refractivity contribution in [2.24, 2.45) is 5.41 Å². The molecule has 0 saturated heterocycles. The Morgan fingerprint density at radius 1 is 1.20 bits per heavy atom. The maximum Gasteiger partial charge on any atom is 0.0166 e. The van der Waals surface area contributed by atoms with E-state index in [2.05, 4.69) is 58.8 Å². The lowest BCUT2D eigenvalue weighted by atomic mass is 9.87. The zero-order valence-electron chi connectivity index (χ0n) is 11.7. The molecule has 0 aromatic carbocycles. The molecular formula is C13H30N2. The second kappa shape index (κ2) is 6.49. The highest BCUT2D eigenvalue weighted by Gasteiger charge is 2.24. The first-order valence-electron chi connectivity index (χ1n) is 6.22. The third kappa shape index (κ3) is 6.16. The van der Waals surface area contributed by atoms with Gasteiger partial charge in [0.2, 0.25) is 0 Å². The predicted octanol–water partition coefficient (Wildman–Crippen LogP) is 2.74. The van der Waals surface area contributed by atoms with E-state index in [1.807, 2.05) is 0 Å². The zero-order chi connectivity index (χ0) is 12.1. The van der Waals surface area contributed by atoms with Gasteiger partial charge in [-0.25, -0.2) is 0 Å². The number of likely N-dealkylation sites (N-methyl/N-ethyl adjacent to an activating group) is 1. The molecule has 0 aromatic heterocycles. The Bertz CT molecular complexity index is 160. The van der Waals surface area contributed by atoms with Crippen LogP contribution in [-0.4, -0.2) is 37.1 Å². The SMILES string of the molecule is CCCNC(C)CN(C)C(C)C(C)(C)C. The maximum absolute atomic E-state index is 3.53. The van der Waals surface area contributed by atoms with Crippen molar-refractivity contribution in [3.8, 4) is 0 Å². The molecule has 0 aliphatic rings. The largest absolute Gasteiger partial charge is 0.313 e. The molecule has 0 aliphatic heterocycles. The molecule has 0 saturated carbocycles. The van der Waals surface area contributed by atoms with Gasteiger partial charge in [-0.05, 0) is 39.3 Å². The van der Waals surface area contributed by atoms with Gasteiger partial charge < -0.3 is 10.2 Å². The van der Waals surface area contributed by atoms with Crippen LogP contribution in [0.25, 0.3) is 0 Å². The summed E-state index contributed by atoms with van der Waals surface area (Å²) in [5.74, 6) is 0. The molecule has 92 valence electrons. The highest BCUT2D eigenvalue weighted by atomic mass is 15.2. The lowest BCUT2D eigenvalue weighted by Crippen LogP contribution is -2.45. The highest BCUT2D eigenvalue weighted by molar-refractivity contribution is 4.79. The first-order chi connectivity index (χ1) is 6.79. The van der Waals surface area contributed by atoms with E-state index in [1.165, 1.54) is 6.42 Å². The standard InChI is InChI=1S/C13H30N2/c1-8-9-14-11(2)10-15(7)12(3)13(4,5)6/h11-12,14H,8-10H2,1-7H3. The summed E-state index contributed by atoms with van der Waals surface area (Å²) in [5.41, 5.74) is 0.360. The van der Waals surface area contributed by atoms with E-state index < -0.39 is 0 Å². The van der Waals surface area contributed by atoms with E-state index in [9.17, 15) is 0 Å². The Morgan fingerprint density at radius 3 is 2.13 bits per heavy atom. The lowest BCUT2D eigenvalue weighted by molar-refractivity contribution is 0.131. The highest BCUT2D eigenvalue weighted by Crippen LogP contribution is 2.22. The summed E-state index contributed by atoms with van der Waals surface area (Å²) >= 11 is 0. The van der Waals surface area contributed by atoms with Crippen molar-refractivity contribution in [1.29, 1.82) is 0 Å². The fourth-order valence-corrected chi connectivity index (χ4v) is 1.71. The quantitative estimate of drug-likeness (QED) is 0.731. The molecule has 0 fully saturated rings. The Kier molecular flexibility index (Phi) is 6.46. The molecule has 2 atom stereocenters. The van der Waals surface area contributed by atoms with Gasteiger partial charge in [-0.3, -0.25) is 0 Å². The van der Waals surface area contributed by atoms with E-state index in [1.54, 1.807) is 0 Å². The minimum atomic E-state index is 0.360. The van der Waals surface area contributed by atoms with Crippen LogP contribution in [0.4, 0.5) is 0 Å². The summed E-state index contributed by atoms with van der Waals surface area (Å²) in [4.78, 5) is 2.45. The predicted molar refractivity (Wildman–Crippen MR) is 69.3 cm³/mol. The van der Waals surface area contributed by atoms with Gasteiger partial charge in [-0.15, -0.1) is 0 Å². The molecule has 0 heterocycles. The minimum Gasteiger partial charge on any atom is -0.313 e. The fraction of sp³-hybridized carbons (Fsp3) is 1.00. The summed E-state index contributed by atoms with van der Waals surface area (Å²) < 4.78 is 0. The van der Waals surface area contributed by atoms with Gasteiger partial charge in [0.25, 0.3) is 0 Å². The Balaban J connectivity index is 3.96. The zero-order valence-corrected chi connectivity index (χ0v) is 11.7. The van der Waals surface area contributed by atoms with Crippen molar-refractivity contribution in [2.75, 3.05) is 20.1 Å². The van der Waals surface area contributed by atoms with Gasteiger partial charge >= 0.3 is 0 Å². The summed E-state index contributed by atoms with van der Waals surface area (Å²) in [5, 5.41) is 3.53. The van der Waals surface area contributed by atoms with Crippen LogP contribution in [0.2, 0.25) is 0 Å². The lowest BCUT2D eigenvalue weighted by Gasteiger charge is -2.36. The molecule has 2 nitrogen and oxygen atoms in total. The molecule has 0 aromatic rings. The maximum atomic E-state index is 3.53. The van der Waals surface area contributed by atoms with Crippen molar-refractivity contribution >= 4 is 0 Å². The molecule has 0 spiro atoms. The molecular weight excluding hydrogens is 184 g/mol. The number of nitrogens with one attached hydrogen (secondary N) is 1. The molecule has 0 rings (SSSR count). The van der Waals surface area contributed by atoms with E-state index in [4.69, 9.17) is 0 Å². The second-order valence-electron chi connectivity index (χ2n) is 5.84. The first kappa shape index (κ1) is 14.9. The number of hydrogen-bond donors (Lipinski definition) is 1. The van der Waals surface area contributed by atoms with Crippen LogP contribution in [0.5, 0.6) is 0 Å². The van der Waals surface area contributed by atoms with E-state index in [0.29, 0.717) is 17.5 Å². The van der Waals surface area contributed by atoms with Crippen molar-refractivity contribution in [3.63, 3.8) is 0 Å². The van der Waals surface area contributed by atoms with Crippen LogP contribution in [0.15, 0.2) is 0 Å². The van der Waals surface area contributed by atoms with Gasteiger partial charge in [0.1, 0.15) is 0 Å². The minimum absolute atomic E-state index is 0.360. The van der Waals surface area contributed by atoms with Gasteiger partial charge in [0, 0.05) is 18.6 Å². The van der Waals surface area contributed by atoms with Crippen LogP contribution in [0, 0.1) is 5.41 Å². The van der Waals surface area contributed by atoms with Crippen molar-refractivity contribution in [3.05, 3.63) is 0 Å². The van der Waals surface area contributed by atoms with Gasteiger partial charge in [-0.1, -0.05) is 27.7 Å². The van der Waals surface area contributed by atoms with Crippen molar-refractivity contribution in [1.82, 2.24) is 10.2 Å². The van der Waals surface area contributed by atoms with Crippen LogP contribution < -0.4 is 5.32 Å². The number of nitrogens with zero attached hydrogens (tertiary/aromatic N) is 1. The van der Waals surface area contributed by atoms with E-state index >= 15 is 0 Å². The van der Waals surface area contributed by atoms with Crippen LogP contribution in [0.3, 0.4) is 0 Å². The van der Waals surface area contributed by atoms with Gasteiger partial charge in [0.15, 0.2) is 0 Å². The molecule has 1 N–H and O–H groups in total. The molecule has 0 amide bonds. The molecule has 2 unspecified atom stereocenters. The van der Waals surface area contributed by atoms with Crippen LogP contribution in [-0.2, 0) is 0 Å². The second-order valence-corrected chi connectivity index (χ2v) is 5.84. The third-order valence-corrected chi connectivity index (χ3v) is 3.22. The van der Waals surface area contributed by atoms with Gasteiger partial charge in [0.05, 0.1) is 0 Å². The fourth-order valence-electron chi connectivity index (χ4n) is 1.71. The Labute approximate surface area is 96.4 Å². The summed E-state index contributed by atoms with van der Waals surface area (Å²) in [6.07, 6.45) is 1.21. The van der Waals surface area contributed by atoms with Crippen LogP contribution in [0.1, 0.15) is 48.0 Å². The van der Waals surface area contributed by atoms with Crippen molar-refractivity contribution < 1.29 is 0 Å². The molecule has 0 radical (unpaired) electrons. The Hall–Kier alpha value is -0.0800. The Morgan fingerprint density at radius 2 is 1.73 bits per heavy atom. The monoisotopic (exact) mass is 214 g/mol. The van der Waals surface area contributed by atoms with Crippen molar-refractivity contribution in [2.45, 2.75) is 60.0 Å². The van der Waals surface area contributed by atoms with Crippen LogP contribution >= 0.6 is 0 Å². The smallest absolute Gasteiger partial charge is 0.0166 e. The molecule has 0 bridgehead atoms. The molecule has 15 heavy (non-hydrogen) atoms. The summed E-state index contributed by atoms with van der Waals surface area (Å²) in [6.45, 7) is 15.9. The topological polar surface area (TPSA) is 15.3 Å². The first-order valence-corrected chi connectivity index (χ1v) is 6.22.